The average Bonchev–Trinajstić information content (AvgIpc) is 3.02. The van der Waals surface area contributed by atoms with Crippen molar-refractivity contribution < 1.29 is 19.1 Å². The number of amides is 2. The summed E-state index contributed by atoms with van der Waals surface area (Å²) in [5, 5.41) is 3.23. The monoisotopic (exact) mass is 474 g/mol. The summed E-state index contributed by atoms with van der Waals surface area (Å²) in [7, 11) is 1.32. The number of benzene rings is 2. The first-order chi connectivity index (χ1) is 14.9. The summed E-state index contributed by atoms with van der Waals surface area (Å²) >= 11 is 12.6. The SMILES string of the molecule is COC(=O)c1ccc(/C=C2\SC(=S)N(CCCC(=O)Nc3ccccc3Cl)C2=O)cc1. The summed E-state index contributed by atoms with van der Waals surface area (Å²) < 4.78 is 5.13. The lowest BCUT2D eigenvalue weighted by atomic mass is 10.1. The van der Waals surface area contributed by atoms with Crippen LogP contribution in [0.15, 0.2) is 53.4 Å². The lowest BCUT2D eigenvalue weighted by Gasteiger charge is -2.14. The second-order valence-electron chi connectivity index (χ2n) is 6.58. The van der Waals surface area contributed by atoms with E-state index in [-0.39, 0.29) is 18.2 Å². The molecule has 3 rings (SSSR count). The standard InChI is InChI=1S/C22H19ClN2O4S2/c1-29-21(28)15-10-8-14(9-11-15)13-18-20(27)25(22(30)31-18)12-4-7-19(26)24-17-6-3-2-5-16(17)23/h2-3,5-6,8-11,13H,4,7,12H2,1H3,(H,24,26)/b18-13-. The molecule has 0 atom stereocenters. The maximum absolute atomic E-state index is 12.7. The van der Waals surface area contributed by atoms with E-state index in [9.17, 15) is 14.4 Å². The summed E-state index contributed by atoms with van der Waals surface area (Å²) in [5.41, 5.74) is 1.76. The fourth-order valence-corrected chi connectivity index (χ4v) is 4.34. The molecule has 1 aliphatic heterocycles. The van der Waals surface area contributed by atoms with Gasteiger partial charge >= 0.3 is 5.97 Å². The largest absolute Gasteiger partial charge is 0.465 e. The minimum Gasteiger partial charge on any atom is -0.465 e. The highest BCUT2D eigenvalue weighted by Crippen LogP contribution is 2.32. The van der Waals surface area contributed by atoms with E-state index in [0.29, 0.717) is 38.5 Å². The Hall–Kier alpha value is -2.68. The second-order valence-corrected chi connectivity index (χ2v) is 8.66. The Balaban J connectivity index is 1.55. The van der Waals surface area contributed by atoms with E-state index in [4.69, 9.17) is 23.8 Å². The van der Waals surface area contributed by atoms with Crippen LogP contribution in [0.1, 0.15) is 28.8 Å². The van der Waals surface area contributed by atoms with Gasteiger partial charge in [-0.1, -0.05) is 59.8 Å². The van der Waals surface area contributed by atoms with Gasteiger partial charge in [0.25, 0.3) is 5.91 Å². The van der Waals surface area contributed by atoms with Crippen LogP contribution in [-0.2, 0) is 14.3 Å². The fourth-order valence-electron chi connectivity index (χ4n) is 2.85. The van der Waals surface area contributed by atoms with Gasteiger partial charge in [0.05, 0.1) is 28.3 Å². The number of para-hydroxylation sites is 1. The number of rotatable bonds is 7. The Labute approximate surface area is 194 Å². The molecule has 2 aromatic carbocycles. The first-order valence-corrected chi connectivity index (χ1v) is 11.0. The molecule has 0 spiro atoms. The number of anilines is 1. The van der Waals surface area contributed by atoms with Gasteiger partial charge in [0.2, 0.25) is 5.91 Å². The van der Waals surface area contributed by atoms with Crippen molar-refractivity contribution in [3.8, 4) is 0 Å². The molecular formula is C22H19ClN2O4S2. The Morgan fingerprint density at radius 3 is 2.58 bits per heavy atom. The van der Waals surface area contributed by atoms with Gasteiger partial charge in [-0.2, -0.15) is 0 Å². The Morgan fingerprint density at radius 2 is 1.90 bits per heavy atom. The second kappa shape index (κ2) is 10.6. The van der Waals surface area contributed by atoms with E-state index in [0.717, 1.165) is 5.56 Å². The van der Waals surface area contributed by atoms with Crippen LogP contribution in [0.5, 0.6) is 0 Å². The van der Waals surface area contributed by atoms with Gasteiger partial charge in [-0.15, -0.1) is 0 Å². The minimum absolute atomic E-state index is 0.181. The van der Waals surface area contributed by atoms with Crippen molar-refractivity contribution in [1.82, 2.24) is 4.90 Å². The molecule has 6 nitrogen and oxygen atoms in total. The molecule has 160 valence electrons. The summed E-state index contributed by atoms with van der Waals surface area (Å²) in [6, 6.07) is 13.7. The van der Waals surface area contributed by atoms with Crippen molar-refractivity contribution in [2.75, 3.05) is 19.0 Å². The van der Waals surface area contributed by atoms with Gasteiger partial charge < -0.3 is 10.1 Å². The maximum atomic E-state index is 12.7. The van der Waals surface area contributed by atoms with Gasteiger partial charge in [0.15, 0.2) is 0 Å². The third-order valence-electron chi connectivity index (χ3n) is 4.44. The first kappa shape index (κ1) is 23.0. The number of methoxy groups -OCH3 is 1. The predicted molar refractivity (Wildman–Crippen MR) is 127 cm³/mol. The number of esters is 1. The summed E-state index contributed by atoms with van der Waals surface area (Å²) in [4.78, 5) is 38.4. The van der Waals surface area contributed by atoms with Crippen LogP contribution in [-0.4, -0.2) is 40.7 Å². The number of carbonyl (C=O) groups excluding carboxylic acids is 3. The third-order valence-corrected chi connectivity index (χ3v) is 6.14. The first-order valence-electron chi connectivity index (χ1n) is 9.37. The van der Waals surface area contributed by atoms with Crippen LogP contribution in [0.2, 0.25) is 5.02 Å². The third kappa shape index (κ3) is 5.94. The molecule has 0 aliphatic carbocycles. The maximum Gasteiger partial charge on any atom is 0.337 e. The molecule has 1 N–H and O–H groups in total. The molecule has 2 amide bonds. The smallest absolute Gasteiger partial charge is 0.337 e. The highest BCUT2D eigenvalue weighted by atomic mass is 35.5. The van der Waals surface area contributed by atoms with E-state index < -0.39 is 5.97 Å². The topological polar surface area (TPSA) is 75.7 Å². The number of carbonyl (C=O) groups is 3. The number of thioether (sulfide) groups is 1. The van der Waals surface area contributed by atoms with E-state index in [1.165, 1.54) is 23.8 Å². The molecule has 0 saturated carbocycles. The van der Waals surface area contributed by atoms with Gasteiger partial charge in [0, 0.05) is 13.0 Å². The molecular weight excluding hydrogens is 456 g/mol. The van der Waals surface area contributed by atoms with Gasteiger partial charge in [-0.25, -0.2) is 4.79 Å². The molecule has 1 aliphatic rings. The molecule has 0 unspecified atom stereocenters. The number of halogens is 1. The van der Waals surface area contributed by atoms with Gasteiger partial charge in [0.1, 0.15) is 4.32 Å². The zero-order valence-electron chi connectivity index (χ0n) is 16.6. The summed E-state index contributed by atoms with van der Waals surface area (Å²) in [6.07, 6.45) is 2.42. The molecule has 31 heavy (non-hydrogen) atoms. The molecule has 1 heterocycles. The van der Waals surface area contributed by atoms with Gasteiger partial charge in [-0.05, 0) is 42.3 Å². The van der Waals surface area contributed by atoms with Crippen molar-refractivity contribution in [3.05, 3.63) is 69.6 Å². The highest BCUT2D eigenvalue weighted by molar-refractivity contribution is 8.26. The van der Waals surface area contributed by atoms with Crippen LogP contribution < -0.4 is 5.32 Å². The van der Waals surface area contributed by atoms with Crippen molar-refractivity contribution in [1.29, 1.82) is 0 Å². The molecule has 0 aromatic heterocycles. The predicted octanol–water partition coefficient (Wildman–Crippen LogP) is 4.75. The summed E-state index contributed by atoms with van der Waals surface area (Å²) in [6.45, 7) is 0.346. The molecule has 9 heteroatoms. The normalized spacial score (nSPS) is 14.8. The van der Waals surface area contributed by atoms with Crippen molar-refractivity contribution in [2.24, 2.45) is 0 Å². The number of hydrogen-bond donors (Lipinski definition) is 1. The Bertz CT molecular complexity index is 1050. The van der Waals surface area contributed by atoms with Crippen LogP contribution in [0, 0.1) is 0 Å². The zero-order chi connectivity index (χ0) is 22.4. The Morgan fingerprint density at radius 1 is 1.19 bits per heavy atom. The van der Waals surface area contributed by atoms with E-state index in [1.54, 1.807) is 54.6 Å². The van der Waals surface area contributed by atoms with Crippen LogP contribution in [0.25, 0.3) is 6.08 Å². The highest BCUT2D eigenvalue weighted by Gasteiger charge is 2.31. The molecule has 1 saturated heterocycles. The van der Waals surface area contributed by atoms with Crippen molar-refractivity contribution in [3.63, 3.8) is 0 Å². The van der Waals surface area contributed by atoms with E-state index >= 15 is 0 Å². The molecule has 1 fully saturated rings. The van der Waals surface area contributed by atoms with E-state index in [1.807, 2.05) is 0 Å². The number of nitrogens with zero attached hydrogens (tertiary/aromatic N) is 1. The average molecular weight is 475 g/mol. The zero-order valence-corrected chi connectivity index (χ0v) is 19.0. The number of hydrogen-bond acceptors (Lipinski definition) is 6. The molecule has 0 radical (unpaired) electrons. The number of ether oxygens (including phenoxy) is 1. The van der Waals surface area contributed by atoms with Crippen LogP contribution in [0.4, 0.5) is 5.69 Å². The number of thiocarbonyl (C=S) groups is 1. The van der Waals surface area contributed by atoms with E-state index in [2.05, 4.69) is 10.1 Å². The minimum atomic E-state index is -0.420. The lowest BCUT2D eigenvalue weighted by molar-refractivity contribution is -0.122. The fraction of sp³-hybridized carbons (Fsp3) is 0.182. The van der Waals surface area contributed by atoms with Crippen LogP contribution >= 0.6 is 35.6 Å². The summed E-state index contributed by atoms with van der Waals surface area (Å²) in [5.74, 6) is -0.796. The van der Waals surface area contributed by atoms with Crippen LogP contribution in [0.3, 0.4) is 0 Å². The lowest BCUT2D eigenvalue weighted by Crippen LogP contribution is -2.29. The molecule has 0 bridgehead atoms. The Kier molecular flexibility index (Phi) is 7.84. The van der Waals surface area contributed by atoms with Crippen molar-refractivity contribution in [2.45, 2.75) is 12.8 Å². The quantitative estimate of drug-likeness (QED) is 0.354. The number of nitrogens with one attached hydrogen (secondary N) is 1. The van der Waals surface area contributed by atoms with Crippen molar-refractivity contribution >= 4 is 69.4 Å². The molecule has 2 aromatic rings. The van der Waals surface area contributed by atoms with Gasteiger partial charge in [-0.3, -0.25) is 14.5 Å².